The van der Waals surface area contributed by atoms with Crippen molar-refractivity contribution in [2.45, 2.75) is 11.8 Å². The summed E-state index contributed by atoms with van der Waals surface area (Å²) < 4.78 is 59.4. The molecule has 3 aromatic rings. The molecule has 2 aromatic carbocycles. The monoisotopic (exact) mass is 460 g/mol. The van der Waals surface area contributed by atoms with E-state index in [1.165, 1.54) is 4.31 Å². The Kier molecular flexibility index (Phi) is 6.33. The minimum atomic E-state index is -4.06. The first kappa shape index (κ1) is 22.1. The molecular weight excluding hydrogens is 438 g/mol. The van der Waals surface area contributed by atoms with Crippen molar-refractivity contribution in [3.63, 3.8) is 0 Å². The van der Waals surface area contributed by atoms with E-state index < -0.39 is 26.6 Å². The Morgan fingerprint density at radius 3 is 2.38 bits per heavy atom. The number of rotatable bonds is 6. The van der Waals surface area contributed by atoms with Crippen molar-refractivity contribution in [2.75, 3.05) is 37.7 Å². The summed E-state index contributed by atoms with van der Waals surface area (Å²) in [6, 6.07) is 11.8. The summed E-state index contributed by atoms with van der Waals surface area (Å²) in [6.45, 7) is 3.47. The van der Waals surface area contributed by atoms with Gasteiger partial charge in [0.15, 0.2) is 0 Å². The summed E-state index contributed by atoms with van der Waals surface area (Å²) in [5.41, 5.74) is 1.64. The Morgan fingerprint density at radius 2 is 1.72 bits per heavy atom. The highest BCUT2D eigenvalue weighted by atomic mass is 32.2. The molecule has 0 atom stereocenters. The summed E-state index contributed by atoms with van der Waals surface area (Å²) >= 11 is 0. The van der Waals surface area contributed by atoms with Gasteiger partial charge in [-0.1, -0.05) is 0 Å². The number of nitrogens with zero attached hydrogens (tertiary/aromatic N) is 4. The van der Waals surface area contributed by atoms with Gasteiger partial charge in [-0.05, 0) is 49.4 Å². The third kappa shape index (κ3) is 4.56. The highest BCUT2D eigenvalue weighted by Crippen LogP contribution is 2.25. The maximum absolute atomic E-state index is 14.0. The van der Waals surface area contributed by atoms with Gasteiger partial charge in [0.05, 0.1) is 12.3 Å². The second-order valence-corrected chi connectivity index (χ2v) is 9.07. The quantitative estimate of drug-likeness (QED) is 0.562. The van der Waals surface area contributed by atoms with E-state index in [9.17, 15) is 17.2 Å². The van der Waals surface area contributed by atoms with Crippen LogP contribution in [0.15, 0.2) is 59.6 Å². The second kappa shape index (κ2) is 9.17. The lowest BCUT2D eigenvalue weighted by molar-refractivity contribution is 0.340. The average molecular weight is 461 g/mol. The van der Waals surface area contributed by atoms with Gasteiger partial charge in [0.25, 0.3) is 0 Å². The second-order valence-electron chi connectivity index (χ2n) is 7.17. The Bertz CT molecular complexity index is 1200. The predicted molar refractivity (Wildman–Crippen MR) is 116 cm³/mol. The number of benzene rings is 2. The third-order valence-electron chi connectivity index (χ3n) is 5.14. The third-order valence-corrected chi connectivity index (χ3v) is 7.07. The number of hydrogen-bond donors (Lipinski definition) is 0. The summed E-state index contributed by atoms with van der Waals surface area (Å²) in [6.07, 6.45) is 1.66. The molecule has 0 spiro atoms. The summed E-state index contributed by atoms with van der Waals surface area (Å²) in [7, 11) is -4.06. The molecule has 0 radical (unpaired) electrons. The van der Waals surface area contributed by atoms with Gasteiger partial charge in [0, 0.05) is 44.0 Å². The lowest BCUT2D eigenvalue weighted by atomic mass is 10.1. The molecule has 1 fully saturated rings. The first-order chi connectivity index (χ1) is 15.4. The highest BCUT2D eigenvalue weighted by molar-refractivity contribution is 7.89. The Labute approximate surface area is 185 Å². The Hall–Kier alpha value is -3.11. The number of aromatic nitrogens is 2. The average Bonchev–Trinajstić information content (AvgIpc) is 2.80. The minimum Gasteiger partial charge on any atom is -0.494 e. The van der Waals surface area contributed by atoms with Gasteiger partial charge < -0.3 is 9.64 Å². The SMILES string of the molecule is CCOc1ccc(-c2ccnc(N3CCN(S(=O)(=O)c4ccc(F)cc4F)CC3)n2)cc1. The Balaban J connectivity index is 1.47. The van der Waals surface area contributed by atoms with Crippen LogP contribution >= 0.6 is 0 Å². The van der Waals surface area contributed by atoms with E-state index in [4.69, 9.17) is 4.74 Å². The molecule has 4 rings (SSSR count). The van der Waals surface area contributed by atoms with Crippen LogP contribution in [-0.2, 0) is 10.0 Å². The molecule has 0 N–H and O–H groups in total. The molecule has 0 saturated carbocycles. The molecule has 0 unspecified atom stereocenters. The van der Waals surface area contributed by atoms with Crippen molar-refractivity contribution < 1.29 is 21.9 Å². The van der Waals surface area contributed by atoms with Crippen molar-refractivity contribution in [1.29, 1.82) is 0 Å². The number of hydrogen-bond acceptors (Lipinski definition) is 6. The first-order valence-corrected chi connectivity index (χ1v) is 11.6. The highest BCUT2D eigenvalue weighted by Gasteiger charge is 2.31. The largest absolute Gasteiger partial charge is 0.494 e. The van der Waals surface area contributed by atoms with Crippen LogP contribution < -0.4 is 9.64 Å². The topological polar surface area (TPSA) is 75.6 Å². The van der Waals surface area contributed by atoms with Crippen molar-refractivity contribution in [3.8, 4) is 17.0 Å². The van der Waals surface area contributed by atoms with E-state index in [0.29, 0.717) is 31.7 Å². The van der Waals surface area contributed by atoms with Crippen molar-refractivity contribution in [3.05, 3.63) is 66.4 Å². The fourth-order valence-corrected chi connectivity index (χ4v) is 4.97. The van der Waals surface area contributed by atoms with Crippen LogP contribution in [-0.4, -0.2) is 55.5 Å². The maximum atomic E-state index is 14.0. The lowest BCUT2D eigenvalue weighted by Crippen LogP contribution is -2.49. The van der Waals surface area contributed by atoms with Crippen LogP contribution in [0.25, 0.3) is 11.3 Å². The minimum absolute atomic E-state index is 0.135. The fourth-order valence-electron chi connectivity index (χ4n) is 3.50. The van der Waals surface area contributed by atoms with Crippen molar-refractivity contribution in [2.24, 2.45) is 0 Å². The zero-order valence-corrected chi connectivity index (χ0v) is 18.2. The molecule has 2 heterocycles. The van der Waals surface area contributed by atoms with Crippen molar-refractivity contribution >= 4 is 16.0 Å². The molecule has 1 saturated heterocycles. The predicted octanol–water partition coefficient (Wildman–Crippen LogP) is 3.33. The molecule has 1 aliphatic heterocycles. The zero-order chi connectivity index (χ0) is 22.7. The fraction of sp³-hybridized carbons (Fsp3) is 0.273. The van der Waals surface area contributed by atoms with Gasteiger partial charge >= 0.3 is 0 Å². The smallest absolute Gasteiger partial charge is 0.246 e. The van der Waals surface area contributed by atoms with Gasteiger partial charge in [-0.2, -0.15) is 4.31 Å². The molecule has 168 valence electrons. The van der Waals surface area contributed by atoms with Gasteiger partial charge in [0.2, 0.25) is 16.0 Å². The van der Waals surface area contributed by atoms with Gasteiger partial charge in [-0.15, -0.1) is 0 Å². The van der Waals surface area contributed by atoms with Crippen LogP contribution in [0.3, 0.4) is 0 Å². The molecule has 1 aliphatic rings. The van der Waals surface area contributed by atoms with E-state index in [2.05, 4.69) is 9.97 Å². The van der Waals surface area contributed by atoms with Gasteiger partial charge in [0.1, 0.15) is 22.3 Å². The first-order valence-electron chi connectivity index (χ1n) is 10.1. The Morgan fingerprint density at radius 1 is 1.00 bits per heavy atom. The summed E-state index contributed by atoms with van der Waals surface area (Å²) in [5.74, 6) is -0.656. The van der Waals surface area contributed by atoms with Gasteiger partial charge in [-0.3, -0.25) is 0 Å². The maximum Gasteiger partial charge on any atom is 0.246 e. The molecule has 0 bridgehead atoms. The molecular formula is C22H22F2N4O3S. The molecule has 32 heavy (non-hydrogen) atoms. The zero-order valence-electron chi connectivity index (χ0n) is 17.4. The van der Waals surface area contributed by atoms with E-state index in [0.717, 1.165) is 29.1 Å². The molecule has 0 amide bonds. The normalized spacial score (nSPS) is 15.0. The van der Waals surface area contributed by atoms with E-state index in [1.807, 2.05) is 36.1 Å². The van der Waals surface area contributed by atoms with Crippen LogP contribution in [0, 0.1) is 11.6 Å². The van der Waals surface area contributed by atoms with Crippen LogP contribution in [0.4, 0.5) is 14.7 Å². The van der Waals surface area contributed by atoms with Gasteiger partial charge in [-0.25, -0.2) is 27.2 Å². The molecule has 0 aliphatic carbocycles. The molecule has 1 aromatic heterocycles. The van der Waals surface area contributed by atoms with E-state index in [-0.39, 0.29) is 13.1 Å². The summed E-state index contributed by atoms with van der Waals surface area (Å²) in [5, 5.41) is 0. The van der Waals surface area contributed by atoms with Crippen molar-refractivity contribution in [1.82, 2.24) is 14.3 Å². The molecule has 10 heteroatoms. The molecule has 7 nitrogen and oxygen atoms in total. The van der Waals surface area contributed by atoms with Crippen LogP contribution in [0.2, 0.25) is 0 Å². The lowest BCUT2D eigenvalue weighted by Gasteiger charge is -2.34. The number of piperazine rings is 1. The number of ether oxygens (including phenoxy) is 1. The van der Waals surface area contributed by atoms with Crippen LogP contribution in [0.5, 0.6) is 5.75 Å². The number of sulfonamides is 1. The van der Waals surface area contributed by atoms with E-state index >= 15 is 0 Å². The number of anilines is 1. The number of halogens is 2. The van der Waals surface area contributed by atoms with Crippen LogP contribution in [0.1, 0.15) is 6.92 Å². The van der Waals surface area contributed by atoms with E-state index in [1.54, 1.807) is 12.3 Å². The summed E-state index contributed by atoms with van der Waals surface area (Å²) in [4.78, 5) is 10.3. The standard InChI is InChI=1S/C22H22F2N4O3S/c1-2-31-18-6-3-16(4-7-18)20-9-10-25-22(26-20)27-11-13-28(14-12-27)32(29,30)21-8-5-17(23)15-19(21)24/h3-10,15H,2,11-14H2,1H3.